The quantitative estimate of drug-likeness (QED) is 0.465. The number of nitrogens with one attached hydrogen (secondary N) is 2. The molecule has 1 aliphatic rings. The van der Waals surface area contributed by atoms with Gasteiger partial charge in [0.15, 0.2) is 5.65 Å². The van der Waals surface area contributed by atoms with Gasteiger partial charge in [-0.15, -0.1) is 0 Å². The zero-order valence-corrected chi connectivity index (χ0v) is 19.9. The van der Waals surface area contributed by atoms with Crippen LogP contribution in [0.25, 0.3) is 27.9 Å². The third-order valence-corrected chi connectivity index (χ3v) is 6.41. The van der Waals surface area contributed by atoms with Crippen LogP contribution < -0.4 is 10.6 Å². The van der Waals surface area contributed by atoms with Gasteiger partial charge >= 0.3 is 0 Å². The van der Waals surface area contributed by atoms with Crippen LogP contribution in [0.15, 0.2) is 36.8 Å². The third-order valence-electron chi connectivity index (χ3n) is 6.41. The molecule has 9 heteroatoms. The summed E-state index contributed by atoms with van der Waals surface area (Å²) in [5.74, 6) is 0.621. The van der Waals surface area contributed by atoms with Gasteiger partial charge in [0.05, 0.1) is 11.9 Å². The number of fused-ring (bicyclic) bond motifs is 2. The van der Waals surface area contributed by atoms with Crippen molar-refractivity contribution in [3.05, 3.63) is 42.4 Å². The van der Waals surface area contributed by atoms with Crippen LogP contribution in [0.2, 0.25) is 0 Å². The molecule has 0 aromatic carbocycles. The summed E-state index contributed by atoms with van der Waals surface area (Å²) >= 11 is 0. The predicted molar refractivity (Wildman–Crippen MR) is 132 cm³/mol. The number of carbonyl (C=O) groups excluding carboxylic acids is 1. The summed E-state index contributed by atoms with van der Waals surface area (Å²) in [4.78, 5) is 22.8. The highest BCUT2D eigenvalue weighted by Crippen LogP contribution is 2.32. The number of pyridine rings is 1. The Morgan fingerprint density at radius 3 is 2.74 bits per heavy atom. The highest BCUT2D eigenvalue weighted by atomic mass is 16.5. The van der Waals surface area contributed by atoms with Crippen molar-refractivity contribution < 1.29 is 9.53 Å². The van der Waals surface area contributed by atoms with Crippen molar-refractivity contribution in [1.82, 2.24) is 29.5 Å². The number of rotatable bonds is 5. The van der Waals surface area contributed by atoms with Crippen molar-refractivity contribution in [3.63, 3.8) is 0 Å². The lowest BCUT2D eigenvalue weighted by molar-refractivity contribution is 0.0881. The average molecular weight is 462 g/mol. The van der Waals surface area contributed by atoms with E-state index in [-0.39, 0.29) is 18.0 Å². The molecule has 1 fully saturated rings. The Morgan fingerprint density at radius 1 is 1.21 bits per heavy atom. The first-order valence-electron chi connectivity index (χ1n) is 12.0. The topological polar surface area (TPSA) is 98.4 Å². The molecule has 9 nitrogen and oxygen atoms in total. The molecule has 5 heterocycles. The van der Waals surface area contributed by atoms with E-state index in [4.69, 9.17) is 9.72 Å². The van der Waals surface area contributed by atoms with Crippen LogP contribution in [0.1, 0.15) is 55.9 Å². The molecule has 1 saturated heterocycles. The smallest absolute Gasteiger partial charge is 0.256 e. The van der Waals surface area contributed by atoms with Crippen LogP contribution in [-0.4, -0.2) is 56.4 Å². The number of hydrogen-bond acceptors (Lipinski definition) is 6. The van der Waals surface area contributed by atoms with Gasteiger partial charge in [0.25, 0.3) is 5.91 Å². The molecule has 5 rings (SSSR count). The minimum absolute atomic E-state index is 0.133. The molecule has 4 aromatic heterocycles. The second-order valence-electron chi connectivity index (χ2n) is 9.06. The Balaban J connectivity index is 1.56. The first-order valence-corrected chi connectivity index (χ1v) is 12.0. The van der Waals surface area contributed by atoms with Gasteiger partial charge in [0.1, 0.15) is 17.0 Å². The average Bonchev–Trinajstić information content (AvgIpc) is 3.42. The Hall–Kier alpha value is -3.46. The number of aromatic nitrogens is 5. The molecule has 0 radical (unpaired) electrons. The van der Waals surface area contributed by atoms with Crippen LogP contribution in [0, 0.1) is 0 Å². The third kappa shape index (κ3) is 4.11. The predicted octanol–water partition coefficient (Wildman–Crippen LogP) is 4.06. The Kier molecular flexibility index (Phi) is 6.19. The van der Waals surface area contributed by atoms with Crippen molar-refractivity contribution >= 4 is 28.4 Å². The van der Waals surface area contributed by atoms with E-state index in [0.29, 0.717) is 11.2 Å². The first kappa shape index (κ1) is 22.3. The summed E-state index contributed by atoms with van der Waals surface area (Å²) in [6, 6.07) is 6.34. The number of hydrogen-bond donors (Lipinski definition) is 2. The summed E-state index contributed by atoms with van der Waals surface area (Å²) < 4.78 is 9.37. The Morgan fingerprint density at radius 2 is 2.00 bits per heavy atom. The minimum atomic E-state index is -0.139. The molecule has 0 bridgehead atoms. The minimum Gasteiger partial charge on any atom is -0.381 e. The fourth-order valence-corrected chi connectivity index (χ4v) is 4.64. The second-order valence-corrected chi connectivity index (χ2v) is 9.06. The standard InChI is InChI=1S/C25H31N7O2/c1-16(2)31-15-20(18-9-4-10-27-23(18)31)21-13-22(26-3)32-24(30-21)19(14-28-32)25(33)29-17-7-5-11-34-12-6-8-17/h4,9-10,13-17,26H,5-8,11-12H2,1-3H3,(H,29,33). The van der Waals surface area contributed by atoms with Crippen LogP contribution in [0.5, 0.6) is 0 Å². The molecule has 0 atom stereocenters. The van der Waals surface area contributed by atoms with Crippen LogP contribution >= 0.6 is 0 Å². The van der Waals surface area contributed by atoms with E-state index in [1.165, 1.54) is 0 Å². The normalized spacial score (nSPS) is 15.5. The number of nitrogens with zero attached hydrogens (tertiary/aromatic N) is 5. The van der Waals surface area contributed by atoms with Gasteiger partial charge in [-0.2, -0.15) is 9.61 Å². The summed E-state index contributed by atoms with van der Waals surface area (Å²) in [5, 5.41) is 11.9. The number of amides is 1. The highest BCUT2D eigenvalue weighted by Gasteiger charge is 2.22. The molecule has 0 aliphatic carbocycles. The molecule has 1 amide bonds. The lowest BCUT2D eigenvalue weighted by Crippen LogP contribution is -2.36. The van der Waals surface area contributed by atoms with Gasteiger partial charge in [-0.1, -0.05) is 0 Å². The molecule has 1 aliphatic heterocycles. The molecular weight excluding hydrogens is 430 g/mol. The maximum Gasteiger partial charge on any atom is 0.256 e. The second kappa shape index (κ2) is 9.42. The maximum absolute atomic E-state index is 13.3. The fourth-order valence-electron chi connectivity index (χ4n) is 4.64. The van der Waals surface area contributed by atoms with E-state index in [0.717, 1.165) is 67.0 Å². The van der Waals surface area contributed by atoms with Crippen molar-refractivity contribution in [1.29, 1.82) is 0 Å². The Labute approximate surface area is 198 Å². The largest absolute Gasteiger partial charge is 0.381 e. The van der Waals surface area contributed by atoms with Gasteiger partial charge in [0, 0.05) is 61.8 Å². The van der Waals surface area contributed by atoms with E-state index in [1.807, 2.05) is 25.4 Å². The molecule has 0 spiro atoms. The van der Waals surface area contributed by atoms with E-state index < -0.39 is 0 Å². The van der Waals surface area contributed by atoms with Crippen molar-refractivity contribution in [2.75, 3.05) is 25.6 Å². The van der Waals surface area contributed by atoms with Gasteiger partial charge in [0.2, 0.25) is 0 Å². The van der Waals surface area contributed by atoms with Crippen LogP contribution in [0.4, 0.5) is 5.82 Å². The number of anilines is 1. The van der Waals surface area contributed by atoms with Crippen LogP contribution in [-0.2, 0) is 4.74 Å². The monoisotopic (exact) mass is 461 g/mol. The Bertz CT molecular complexity index is 1320. The number of ether oxygens (including phenoxy) is 1. The van der Waals surface area contributed by atoms with Gasteiger partial charge in [-0.3, -0.25) is 4.79 Å². The molecular formula is C25H31N7O2. The molecule has 2 N–H and O–H groups in total. The van der Waals surface area contributed by atoms with E-state index in [2.05, 4.69) is 51.4 Å². The van der Waals surface area contributed by atoms with Gasteiger partial charge < -0.3 is 19.9 Å². The van der Waals surface area contributed by atoms with Crippen LogP contribution in [0.3, 0.4) is 0 Å². The molecule has 0 unspecified atom stereocenters. The molecule has 178 valence electrons. The molecule has 34 heavy (non-hydrogen) atoms. The van der Waals surface area contributed by atoms with Gasteiger partial charge in [-0.25, -0.2) is 9.97 Å². The summed E-state index contributed by atoms with van der Waals surface area (Å²) in [5.41, 5.74) is 3.67. The maximum atomic E-state index is 13.3. The first-order chi connectivity index (χ1) is 16.6. The van der Waals surface area contributed by atoms with E-state index in [1.54, 1.807) is 10.7 Å². The molecule has 4 aromatic rings. The van der Waals surface area contributed by atoms with Crippen molar-refractivity contribution in [2.24, 2.45) is 0 Å². The SMILES string of the molecule is CNc1cc(-c2cn(C(C)C)c3ncccc23)nc2c(C(=O)NC3CCCOCCC3)cnn12. The fraction of sp³-hybridized carbons (Fsp3) is 0.440. The van der Waals surface area contributed by atoms with E-state index in [9.17, 15) is 4.79 Å². The summed E-state index contributed by atoms with van der Waals surface area (Å²) in [7, 11) is 1.84. The summed E-state index contributed by atoms with van der Waals surface area (Å²) in [6.45, 7) is 5.76. The van der Waals surface area contributed by atoms with E-state index >= 15 is 0 Å². The van der Waals surface area contributed by atoms with Gasteiger partial charge in [-0.05, 0) is 51.7 Å². The molecule has 0 saturated carbocycles. The lowest BCUT2D eigenvalue weighted by atomic mass is 10.0. The summed E-state index contributed by atoms with van der Waals surface area (Å²) in [6.07, 6.45) is 9.21. The lowest BCUT2D eigenvalue weighted by Gasteiger charge is -2.21. The highest BCUT2D eigenvalue weighted by molar-refractivity contribution is 6.01. The zero-order chi connectivity index (χ0) is 23.7. The zero-order valence-electron chi connectivity index (χ0n) is 19.9. The van der Waals surface area contributed by atoms with Crippen molar-refractivity contribution in [2.45, 2.75) is 51.6 Å². The van der Waals surface area contributed by atoms with Crippen molar-refractivity contribution in [3.8, 4) is 11.3 Å². The number of carbonyl (C=O) groups is 1.